The Morgan fingerprint density at radius 2 is 1.96 bits per heavy atom. The molecule has 0 saturated heterocycles. The van der Waals surface area contributed by atoms with Gasteiger partial charge < -0.3 is 14.8 Å². The number of tetrazole rings is 1. The lowest BCUT2D eigenvalue weighted by Gasteiger charge is -2.14. The number of nitrogens with one attached hydrogen (secondary N) is 1. The predicted molar refractivity (Wildman–Crippen MR) is 99.8 cm³/mol. The molecule has 8 heteroatoms. The van der Waals surface area contributed by atoms with Crippen LogP contribution in [-0.2, 0) is 4.74 Å². The molecule has 3 aromatic rings. The summed E-state index contributed by atoms with van der Waals surface area (Å²) in [6.45, 7) is 4.26. The van der Waals surface area contributed by atoms with E-state index >= 15 is 0 Å². The summed E-state index contributed by atoms with van der Waals surface area (Å²) in [5.74, 6) is 0.390. The summed E-state index contributed by atoms with van der Waals surface area (Å²) in [6.07, 6.45) is 0.932. The Hall–Kier alpha value is -3.26. The standard InChI is InChI=1S/C19H21N5O3/c1-13-4-6-15(7-5-13)16-8-17(24-12-20-22-23-24)10-18(9-16)27-19(25)21-14(2)11-26-3/h4-10,12,14H,11H2,1-3H3,(H,21,25). The first-order chi connectivity index (χ1) is 13.0. The Kier molecular flexibility index (Phi) is 5.77. The number of benzene rings is 2. The van der Waals surface area contributed by atoms with Crippen molar-refractivity contribution in [2.45, 2.75) is 19.9 Å². The molecule has 0 aliphatic heterocycles. The minimum absolute atomic E-state index is 0.165. The lowest BCUT2D eigenvalue weighted by atomic mass is 10.0. The Bertz CT molecular complexity index is 894. The van der Waals surface area contributed by atoms with Crippen molar-refractivity contribution in [3.8, 4) is 22.6 Å². The molecule has 1 aromatic heterocycles. The third-order valence-corrected chi connectivity index (χ3v) is 3.88. The molecule has 0 aliphatic rings. The molecule has 1 unspecified atom stereocenters. The van der Waals surface area contributed by atoms with Gasteiger partial charge in [0, 0.05) is 13.2 Å². The van der Waals surface area contributed by atoms with Gasteiger partial charge in [-0.05, 0) is 47.5 Å². The van der Waals surface area contributed by atoms with Crippen LogP contribution in [0.1, 0.15) is 12.5 Å². The highest BCUT2D eigenvalue weighted by Gasteiger charge is 2.12. The Labute approximate surface area is 157 Å². The van der Waals surface area contributed by atoms with Crippen molar-refractivity contribution in [2.24, 2.45) is 0 Å². The number of ether oxygens (including phenoxy) is 2. The molecule has 1 heterocycles. The molecular weight excluding hydrogens is 346 g/mol. The average Bonchev–Trinajstić information content (AvgIpc) is 3.17. The summed E-state index contributed by atoms with van der Waals surface area (Å²) < 4.78 is 12.0. The second-order valence-corrected chi connectivity index (χ2v) is 6.23. The molecule has 0 aliphatic carbocycles. The van der Waals surface area contributed by atoms with Crippen molar-refractivity contribution in [3.63, 3.8) is 0 Å². The largest absolute Gasteiger partial charge is 0.412 e. The third-order valence-electron chi connectivity index (χ3n) is 3.88. The van der Waals surface area contributed by atoms with Crippen LogP contribution in [0.5, 0.6) is 5.75 Å². The molecule has 1 atom stereocenters. The molecule has 0 radical (unpaired) electrons. The van der Waals surface area contributed by atoms with E-state index in [0.29, 0.717) is 18.0 Å². The van der Waals surface area contributed by atoms with Crippen LogP contribution in [0.15, 0.2) is 48.8 Å². The highest BCUT2D eigenvalue weighted by Crippen LogP contribution is 2.28. The second kappa shape index (κ2) is 8.41. The van der Waals surface area contributed by atoms with E-state index in [-0.39, 0.29) is 6.04 Å². The normalized spacial score (nSPS) is 11.8. The van der Waals surface area contributed by atoms with Gasteiger partial charge in [-0.2, -0.15) is 0 Å². The van der Waals surface area contributed by atoms with E-state index < -0.39 is 6.09 Å². The van der Waals surface area contributed by atoms with Gasteiger partial charge >= 0.3 is 6.09 Å². The van der Waals surface area contributed by atoms with Crippen molar-refractivity contribution in [1.82, 2.24) is 25.5 Å². The molecule has 1 N–H and O–H groups in total. The van der Waals surface area contributed by atoms with Gasteiger partial charge in [-0.15, -0.1) is 5.10 Å². The van der Waals surface area contributed by atoms with Gasteiger partial charge in [-0.25, -0.2) is 9.48 Å². The Morgan fingerprint density at radius 1 is 1.19 bits per heavy atom. The van der Waals surface area contributed by atoms with Gasteiger partial charge in [0.05, 0.1) is 18.3 Å². The van der Waals surface area contributed by atoms with Crippen molar-refractivity contribution in [2.75, 3.05) is 13.7 Å². The first kappa shape index (κ1) is 18.5. The van der Waals surface area contributed by atoms with Gasteiger partial charge in [-0.3, -0.25) is 0 Å². The van der Waals surface area contributed by atoms with Crippen molar-refractivity contribution < 1.29 is 14.3 Å². The van der Waals surface area contributed by atoms with Crippen LogP contribution in [-0.4, -0.2) is 46.1 Å². The Morgan fingerprint density at radius 3 is 2.63 bits per heavy atom. The number of carbonyl (C=O) groups is 1. The number of hydrogen-bond donors (Lipinski definition) is 1. The molecule has 27 heavy (non-hydrogen) atoms. The van der Waals surface area contributed by atoms with E-state index in [9.17, 15) is 4.79 Å². The van der Waals surface area contributed by atoms with Crippen LogP contribution >= 0.6 is 0 Å². The number of aryl methyl sites for hydroxylation is 1. The van der Waals surface area contributed by atoms with Gasteiger partial charge in [-0.1, -0.05) is 29.8 Å². The van der Waals surface area contributed by atoms with E-state index in [1.165, 1.54) is 16.6 Å². The van der Waals surface area contributed by atoms with Crippen LogP contribution < -0.4 is 10.1 Å². The predicted octanol–water partition coefficient (Wildman–Crippen LogP) is 2.76. The van der Waals surface area contributed by atoms with Crippen LogP contribution in [0.25, 0.3) is 16.8 Å². The monoisotopic (exact) mass is 367 g/mol. The van der Waals surface area contributed by atoms with Crippen molar-refractivity contribution in [1.29, 1.82) is 0 Å². The maximum absolute atomic E-state index is 12.2. The van der Waals surface area contributed by atoms with Crippen LogP contribution in [0.2, 0.25) is 0 Å². The summed E-state index contributed by atoms with van der Waals surface area (Å²) in [6, 6.07) is 13.4. The van der Waals surface area contributed by atoms with Gasteiger partial charge in [0.1, 0.15) is 12.1 Å². The fraction of sp³-hybridized carbons (Fsp3) is 0.263. The number of methoxy groups -OCH3 is 1. The summed E-state index contributed by atoms with van der Waals surface area (Å²) in [5.41, 5.74) is 3.73. The van der Waals surface area contributed by atoms with Gasteiger partial charge in [0.15, 0.2) is 0 Å². The van der Waals surface area contributed by atoms with Gasteiger partial charge in [0.25, 0.3) is 0 Å². The molecule has 0 bridgehead atoms. The zero-order valence-corrected chi connectivity index (χ0v) is 15.4. The topological polar surface area (TPSA) is 91.2 Å². The number of nitrogens with zero attached hydrogens (tertiary/aromatic N) is 4. The van der Waals surface area contributed by atoms with Crippen molar-refractivity contribution in [3.05, 3.63) is 54.4 Å². The molecule has 0 spiro atoms. The average molecular weight is 367 g/mol. The molecule has 3 rings (SSSR count). The smallest absolute Gasteiger partial charge is 0.410 e. The SMILES string of the molecule is COCC(C)NC(=O)Oc1cc(-c2ccc(C)cc2)cc(-n2cnnn2)c1. The van der Waals surface area contributed by atoms with E-state index in [1.807, 2.05) is 44.2 Å². The first-order valence-electron chi connectivity index (χ1n) is 8.48. The summed E-state index contributed by atoms with van der Waals surface area (Å²) in [7, 11) is 1.58. The fourth-order valence-corrected chi connectivity index (χ4v) is 2.60. The summed E-state index contributed by atoms with van der Waals surface area (Å²) in [4.78, 5) is 12.2. The molecule has 8 nitrogen and oxygen atoms in total. The fourth-order valence-electron chi connectivity index (χ4n) is 2.60. The first-order valence-corrected chi connectivity index (χ1v) is 8.48. The number of hydrogen-bond acceptors (Lipinski definition) is 6. The highest BCUT2D eigenvalue weighted by molar-refractivity contribution is 5.74. The minimum atomic E-state index is -0.553. The van der Waals surface area contributed by atoms with E-state index in [0.717, 1.165) is 11.1 Å². The summed E-state index contributed by atoms with van der Waals surface area (Å²) in [5, 5.41) is 14.0. The molecule has 0 fully saturated rings. The lowest BCUT2D eigenvalue weighted by Crippen LogP contribution is -2.37. The molecule has 1 amide bonds. The molecule has 140 valence electrons. The summed E-state index contributed by atoms with van der Waals surface area (Å²) >= 11 is 0. The number of aromatic nitrogens is 4. The van der Waals surface area contributed by atoms with Crippen LogP contribution in [0.3, 0.4) is 0 Å². The van der Waals surface area contributed by atoms with E-state index in [4.69, 9.17) is 9.47 Å². The van der Waals surface area contributed by atoms with Crippen LogP contribution in [0, 0.1) is 6.92 Å². The lowest BCUT2D eigenvalue weighted by molar-refractivity contribution is 0.159. The number of rotatable bonds is 6. The second-order valence-electron chi connectivity index (χ2n) is 6.23. The minimum Gasteiger partial charge on any atom is -0.410 e. The van der Waals surface area contributed by atoms with Crippen LogP contribution in [0.4, 0.5) is 4.79 Å². The molecule has 0 saturated carbocycles. The number of amides is 1. The van der Waals surface area contributed by atoms with Crippen molar-refractivity contribution >= 4 is 6.09 Å². The van der Waals surface area contributed by atoms with E-state index in [2.05, 4.69) is 20.8 Å². The highest BCUT2D eigenvalue weighted by atomic mass is 16.6. The van der Waals surface area contributed by atoms with Gasteiger partial charge in [0.2, 0.25) is 0 Å². The molecule has 2 aromatic carbocycles. The zero-order valence-electron chi connectivity index (χ0n) is 15.4. The third kappa shape index (κ3) is 4.89. The maximum Gasteiger partial charge on any atom is 0.412 e. The quantitative estimate of drug-likeness (QED) is 0.720. The van der Waals surface area contributed by atoms with E-state index in [1.54, 1.807) is 19.2 Å². The Balaban J connectivity index is 1.90. The number of carbonyl (C=O) groups excluding carboxylic acids is 1. The maximum atomic E-state index is 12.2. The zero-order chi connectivity index (χ0) is 19.2. The molecular formula is C19H21N5O3.